The zero-order chi connectivity index (χ0) is 9.61. The normalized spacial score (nSPS) is 13.9. The van der Waals surface area contributed by atoms with Gasteiger partial charge in [0.25, 0.3) is 0 Å². The molecule has 3 heteroatoms. The zero-order valence-corrected chi connectivity index (χ0v) is 7.93. The van der Waals surface area contributed by atoms with E-state index in [1.54, 1.807) is 12.2 Å². The first-order chi connectivity index (χ1) is 5.60. The third-order valence-corrected chi connectivity index (χ3v) is 2.35. The number of hydrogen-bond acceptors (Lipinski definition) is 2. The second kappa shape index (κ2) is 5.36. The van der Waals surface area contributed by atoms with Crippen LogP contribution in [0.15, 0.2) is 25.3 Å². The highest BCUT2D eigenvalue weighted by molar-refractivity contribution is 6.24. The summed E-state index contributed by atoms with van der Waals surface area (Å²) >= 11 is 6.12. The number of halogens is 1. The molecule has 0 heterocycles. The Kier molecular flexibility index (Phi) is 5.22. The van der Waals surface area contributed by atoms with E-state index >= 15 is 0 Å². The van der Waals surface area contributed by atoms with E-state index in [0.717, 1.165) is 0 Å². The van der Waals surface area contributed by atoms with Crippen LogP contribution in [-0.2, 0) is 0 Å². The molecule has 0 fully saturated rings. The number of rotatable bonds is 6. The van der Waals surface area contributed by atoms with Gasteiger partial charge in [0.2, 0.25) is 0 Å². The molecule has 1 atom stereocenters. The van der Waals surface area contributed by atoms with E-state index in [9.17, 15) is 5.11 Å². The Bertz CT molecular complexity index is 149. The molecule has 1 unspecified atom stereocenters. The smallest absolute Gasteiger partial charge is 0.0859 e. The summed E-state index contributed by atoms with van der Waals surface area (Å²) in [6, 6.07) is 0. The summed E-state index contributed by atoms with van der Waals surface area (Å²) in [6.45, 7) is 7.31. The Balaban J connectivity index is 4.34. The van der Waals surface area contributed by atoms with E-state index in [1.807, 2.05) is 0 Å². The summed E-state index contributed by atoms with van der Waals surface area (Å²) in [5.41, 5.74) is 5.32. The van der Waals surface area contributed by atoms with Gasteiger partial charge in [0.1, 0.15) is 0 Å². The molecule has 0 spiro atoms. The molecular formula is C9H16ClNO. The summed E-state index contributed by atoms with van der Waals surface area (Å²) < 4.78 is 0. The van der Waals surface area contributed by atoms with Crippen LogP contribution < -0.4 is 5.73 Å². The van der Waals surface area contributed by atoms with Gasteiger partial charge in [-0.3, -0.25) is 0 Å². The number of nitrogens with two attached hydrogens (primary N) is 1. The lowest BCUT2D eigenvalue weighted by atomic mass is 9.94. The average molecular weight is 190 g/mol. The Morgan fingerprint density at radius 2 is 1.83 bits per heavy atom. The van der Waals surface area contributed by atoms with Crippen molar-refractivity contribution in [2.24, 2.45) is 5.73 Å². The summed E-state index contributed by atoms with van der Waals surface area (Å²) in [7, 11) is 0. The van der Waals surface area contributed by atoms with Gasteiger partial charge in [0, 0.05) is 6.54 Å². The molecule has 2 nitrogen and oxygen atoms in total. The Labute approximate surface area is 78.7 Å². The molecule has 0 aromatic rings. The molecule has 0 rings (SSSR count). The number of hydrogen-bond donors (Lipinski definition) is 2. The van der Waals surface area contributed by atoms with Gasteiger partial charge < -0.3 is 10.8 Å². The van der Waals surface area contributed by atoms with Crippen LogP contribution in [0.2, 0.25) is 0 Å². The molecule has 0 aliphatic heterocycles. The van der Waals surface area contributed by atoms with Gasteiger partial charge in [-0.2, -0.15) is 0 Å². The van der Waals surface area contributed by atoms with Gasteiger partial charge in [-0.05, 0) is 12.8 Å². The van der Waals surface area contributed by atoms with Crippen LogP contribution in [0, 0.1) is 0 Å². The second-order valence-corrected chi connectivity index (χ2v) is 3.52. The average Bonchev–Trinajstić information content (AvgIpc) is 2.04. The maximum absolute atomic E-state index is 9.49. The first-order valence-electron chi connectivity index (χ1n) is 3.89. The molecule has 12 heavy (non-hydrogen) atoms. The van der Waals surface area contributed by atoms with Crippen LogP contribution in [0.4, 0.5) is 0 Å². The van der Waals surface area contributed by atoms with E-state index in [0.29, 0.717) is 12.8 Å². The van der Waals surface area contributed by atoms with Crippen LogP contribution in [-0.4, -0.2) is 22.6 Å². The standard InChI is InChI=1S/C9H16ClNO/c1-3-5-9(10,6-4-2)8(12)7-11/h3-4,8,12H,1-2,5-7,11H2. The molecule has 0 saturated heterocycles. The monoisotopic (exact) mass is 189 g/mol. The molecule has 0 aromatic carbocycles. The fourth-order valence-corrected chi connectivity index (χ4v) is 1.35. The minimum Gasteiger partial charge on any atom is -0.390 e. The first-order valence-corrected chi connectivity index (χ1v) is 4.27. The van der Waals surface area contributed by atoms with Crippen molar-refractivity contribution in [1.82, 2.24) is 0 Å². The Hall–Kier alpha value is -0.310. The van der Waals surface area contributed by atoms with Gasteiger partial charge in [-0.25, -0.2) is 0 Å². The number of aliphatic hydroxyl groups is 1. The molecule has 0 bridgehead atoms. The van der Waals surface area contributed by atoms with Crippen molar-refractivity contribution in [3.8, 4) is 0 Å². The molecule has 0 saturated carbocycles. The van der Waals surface area contributed by atoms with Gasteiger partial charge in [0.15, 0.2) is 0 Å². The minimum absolute atomic E-state index is 0.158. The second-order valence-electron chi connectivity index (χ2n) is 2.77. The number of allylic oxidation sites excluding steroid dienone is 2. The van der Waals surface area contributed by atoms with Gasteiger partial charge in [-0.15, -0.1) is 24.8 Å². The summed E-state index contributed by atoms with van der Waals surface area (Å²) in [5.74, 6) is 0. The van der Waals surface area contributed by atoms with E-state index < -0.39 is 11.0 Å². The fraction of sp³-hybridized carbons (Fsp3) is 0.556. The number of alkyl halides is 1. The van der Waals surface area contributed by atoms with Crippen molar-refractivity contribution in [2.75, 3.05) is 6.54 Å². The molecule has 0 aliphatic carbocycles. The maximum atomic E-state index is 9.49. The molecule has 0 aromatic heterocycles. The fourth-order valence-electron chi connectivity index (χ4n) is 1.05. The minimum atomic E-state index is -0.724. The lowest BCUT2D eigenvalue weighted by Crippen LogP contribution is -2.41. The van der Waals surface area contributed by atoms with Crippen LogP contribution in [0.5, 0.6) is 0 Å². The highest BCUT2D eigenvalue weighted by Crippen LogP contribution is 2.28. The highest BCUT2D eigenvalue weighted by atomic mass is 35.5. The van der Waals surface area contributed by atoms with Gasteiger partial charge in [0.05, 0.1) is 11.0 Å². The van der Waals surface area contributed by atoms with E-state index in [-0.39, 0.29) is 6.54 Å². The van der Waals surface area contributed by atoms with Crippen molar-refractivity contribution < 1.29 is 5.11 Å². The van der Waals surface area contributed by atoms with Crippen molar-refractivity contribution in [3.05, 3.63) is 25.3 Å². The van der Waals surface area contributed by atoms with Gasteiger partial charge in [-0.1, -0.05) is 12.2 Å². The lowest BCUT2D eigenvalue weighted by molar-refractivity contribution is 0.133. The van der Waals surface area contributed by atoms with Crippen LogP contribution >= 0.6 is 11.6 Å². The predicted molar refractivity (Wildman–Crippen MR) is 53.3 cm³/mol. The molecule has 0 aliphatic rings. The third kappa shape index (κ3) is 2.97. The van der Waals surface area contributed by atoms with Gasteiger partial charge >= 0.3 is 0 Å². The lowest BCUT2D eigenvalue weighted by Gasteiger charge is -2.29. The molecule has 70 valence electrons. The highest BCUT2D eigenvalue weighted by Gasteiger charge is 2.32. The molecular weight excluding hydrogens is 174 g/mol. The van der Waals surface area contributed by atoms with E-state index in [2.05, 4.69) is 13.2 Å². The largest absolute Gasteiger partial charge is 0.390 e. The number of aliphatic hydroxyl groups excluding tert-OH is 1. The van der Waals surface area contributed by atoms with E-state index in [4.69, 9.17) is 17.3 Å². The van der Waals surface area contributed by atoms with Crippen molar-refractivity contribution in [1.29, 1.82) is 0 Å². The molecule has 0 amide bonds. The summed E-state index contributed by atoms with van der Waals surface area (Å²) in [6.07, 6.45) is 3.69. The molecule has 3 N–H and O–H groups in total. The SMILES string of the molecule is C=CCC(Cl)(CC=C)C(O)CN. The Morgan fingerprint density at radius 1 is 1.42 bits per heavy atom. The van der Waals surface area contributed by atoms with Crippen LogP contribution in [0.25, 0.3) is 0 Å². The van der Waals surface area contributed by atoms with Crippen LogP contribution in [0.1, 0.15) is 12.8 Å². The maximum Gasteiger partial charge on any atom is 0.0859 e. The summed E-state index contributed by atoms with van der Waals surface area (Å²) in [4.78, 5) is -0.724. The topological polar surface area (TPSA) is 46.2 Å². The van der Waals surface area contributed by atoms with Crippen molar-refractivity contribution in [3.63, 3.8) is 0 Å². The van der Waals surface area contributed by atoms with Crippen LogP contribution in [0.3, 0.4) is 0 Å². The predicted octanol–water partition coefficient (Wildman–Crippen LogP) is 1.44. The van der Waals surface area contributed by atoms with E-state index in [1.165, 1.54) is 0 Å². The zero-order valence-electron chi connectivity index (χ0n) is 7.17. The summed E-state index contributed by atoms with van der Waals surface area (Å²) in [5, 5.41) is 9.49. The Morgan fingerprint density at radius 3 is 2.08 bits per heavy atom. The first kappa shape index (κ1) is 11.7. The quantitative estimate of drug-likeness (QED) is 0.491. The molecule has 0 radical (unpaired) electrons. The van der Waals surface area contributed by atoms with Crippen molar-refractivity contribution in [2.45, 2.75) is 23.8 Å². The van der Waals surface area contributed by atoms with Crippen molar-refractivity contribution >= 4 is 11.6 Å². The third-order valence-electron chi connectivity index (χ3n) is 1.79.